The molecule has 0 saturated carbocycles. The van der Waals surface area contributed by atoms with E-state index < -0.39 is 0 Å². The number of para-hydroxylation sites is 1. The van der Waals surface area contributed by atoms with Crippen LogP contribution in [0.5, 0.6) is 5.75 Å². The van der Waals surface area contributed by atoms with Gasteiger partial charge in [-0.2, -0.15) is 0 Å². The lowest BCUT2D eigenvalue weighted by molar-refractivity contribution is -0.113. The van der Waals surface area contributed by atoms with Gasteiger partial charge in [0.25, 0.3) is 5.91 Å². The number of ether oxygens (including phenoxy) is 1. The normalized spacial score (nSPS) is 10.4. The monoisotopic (exact) mass is 400 g/mol. The summed E-state index contributed by atoms with van der Waals surface area (Å²) in [5.41, 5.74) is 2.43. The van der Waals surface area contributed by atoms with Crippen molar-refractivity contribution in [1.82, 2.24) is 4.90 Å². The lowest BCUT2D eigenvalue weighted by atomic mass is 10.2. The molecule has 2 aromatic carbocycles. The summed E-state index contributed by atoms with van der Waals surface area (Å²) in [4.78, 5) is 26.1. The number of carbonyl (C=O) groups excluding carboxylic acids is 2. The van der Waals surface area contributed by atoms with Crippen molar-refractivity contribution >= 4 is 29.3 Å². The van der Waals surface area contributed by atoms with Crippen LogP contribution in [0, 0.1) is 6.92 Å². The first-order valence-corrected chi connectivity index (χ1v) is 10.7. The molecule has 0 heterocycles. The molecule has 150 valence electrons. The van der Waals surface area contributed by atoms with Crippen LogP contribution < -0.4 is 10.1 Å². The first kappa shape index (κ1) is 21.8. The maximum atomic E-state index is 12.3. The Morgan fingerprint density at radius 1 is 1.04 bits per heavy atom. The molecule has 0 aliphatic rings. The van der Waals surface area contributed by atoms with E-state index in [2.05, 4.69) is 5.32 Å². The minimum absolute atomic E-state index is 0.00656. The second-order valence-corrected chi connectivity index (χ2v) is 7.37. The molecule has 28 heavy (non-hydrogen) atoms. The van der Waals surface area contributed by atoms with E-state index in [4.69, 9.17) is 4.74 Å². The lowest BCUT2D eigenvalue weighted by Crippen LogP contribution is -2.30. The van der Waals surface area contributed by atoms with Crippen molar-refractivity contribution in [3.8, 4) is 5.75 Å². The molecule has 0 atom stereocenters. The number of hydrogen-bond acceptors (Lipinski definition) is 4. The molecule has 2 amide bonds. The predicted octanol–water partition coefficient (Wildman–Crippen LogP) is 4.23. The predicted molar refractivity (Wildman–Crippen MR) is 116 cm³/mol. The number of aryl methyl sites for hydroxylation is 1. The van der Waals surface area contributed by atoms with Gasteiger partial charge in [-0.3, -0.25) is 9.59 Å². The second-order valence-electron chi connectivity index (χ2n) is 6.27. The van der Waals surface area contributed by atoms with E-state index in [0.717, 1.165) is 17.1 Å². The molecule has 0 spiro atoms. The fourth-order valence-electron chi connectivity index (χ4n) is 2.68. The highest BCUT2D eigenvalue weighted by Crippen LogP contribution is 2.17. The van der Waals surface area contributed by atoms with Gasteiger partial charge in [0.1, 0.15) is 5.75 Å². The molecular formula is C22H28N2O3S. The molecule has 0 aliphatic carbocycles. The average Bonchev–Trinajstić information content (AvgIpc) is 2.70. The van der Waals surface area contributed by atoms with Crippen LogP contribution in [0.25, 0.3) is 0 Å². The fourth-order valence-corrected chi connectivity index (χ4v) is 3.28. The molecule has 6 heteroatoms. The number of hydrogen-bond donors (Lipinski definition) is 1. The number of thioether (sulfide) groups is 1. The van der Waals surface area contributed by atoms with E-state index in [9.17, 15) is 9.59 Å². The van der Waals surface area contributed by atoms with Gasteiger partial charge in [0, 0.05) is 30.1 Å². The largest absolute Gasteiger partial charge is 0.492 e. The highest BCUT2D eigenvalue weighted by molar-refractivity contribution is 7.99. The smallest absolute Gasteiger partial charge is 0.253 e. The number of nitrogens with zero attached hydrogens (tertiary/aromatic N) is 1. The van der Waals surface area contributed by atoms with Crippen LogP contribution in [0.2, 0.25) is 0 Å². The molecule has 0 aromatic heterocycles. The molecule has 0 bridgehead atoms. The van der Waals surface area contributed by atoms with E-state index >= 15 is 0 Å². The molecule has 0 fully saturated rings. The second kappa shape index (κ2) is 11.4. The Kier molecular flexibility index (Phi) is 8.88. The first-order chi connectivity index (χ1) is 13.5. The van der Waals surface area contributed by atoms with Gasteiger partial charge in [-0.15, -0.1) is 11.8 Å². The fraction of sp³-hybridized carbons (Fsp3) is 0.364. The van der Waals surface area contributed by atoms with Crippen molar-refractivity contribution in [2.75, 3.05) is 36.5 Å². The number of nitrogens with one attached hydrogen (secondary N) is 1. The van der Waals surface area contributed by atoms with E-state index in [0.29, 0.717) is 36.7 Å². The highest BCUT2D eigenvalue weighted by Gasteiger charge is 2.12. The van der Waals surface area contributed by atoms with E-state index in [1.165, 1.54) is 11.8 Å². The summed E-state index contributed by atoms with van der Waals surface area (Å²) in [6.45, 7) is 7.85. The van der Waals surface area contributed by atoms with Gasteiger partial charge in [0.05, 0.1) is 12.4 Å². The Labute approximate surface area is 171 Å². The van der Waals surface area contributed by atoms with Gasteiger partial charge in [0.15, 0.2) is 0 Å². The molecular weight excluding hydrogens is 372 g/mol. The zero-order chi connectivity index (χ0) is 20.4. The zero-order valence-electron chi connectivity index (χ0n) is 16.7. The van der Waals surface area contributed by atoms with Crippen LogP contribution in [0.1, 0.15) is 29.8 Å². The summed E-state index contributed by atoms with van der Waals surface area (Å²) < 4.78 is 5.72. The number of benzene rings is 2. The number of rotatable bonds is 10. The van der Waals surface area contributed by atoms with Crippen LogP contribution in [0.4, 0.5) is 5.69 Å². The minimum atomic E-state index is -0.0660. The van der Waals surface area contributed by atoms with Gasteiger partial charge in [0.2, 0.25) is 5.91 Å². The van der Waals surface area contributed by atoms with Crippen LogP contribution in [0.15, 0.2) is 48.5 Å². The first-order valence-electron chi connectivity index (χ1n) is 9.50. The summed E-state index contributed by atoms with van der Waals surface area (Å²) in [5, 5.41) is 2.86. The molecule has 5 nitrogen and oxygen atoms in total. The Balaban J connectivity index is 1.71. The third-order valence-electron chi connectivity index (χ3n) is 4.28. The van der Waals surface area contributed by atoms with Crippen molar-refractivity contribution in [2.24, 2.45) is 0 Å². The quantitative estimate of drug-likeness (QED) is 0.607. The number of amides is 2. The molecule has 0 radical (unpaired) electrons. The van der Waals surface area contributed by atoms with E-state index in [1.54, 1.807) is 29.2 Å². The summed E-state index contributed by atoms with van der Waals surface area (Å²) in [6, 6.07) is 14.9. The van der Waals surface area contributed by atoms with Gasteiger partial charge in [-0.1, -0.05) is 18.2 Å². The third-order valence-corrected chi connectivity index (χ3v) is 5.20. The van der Waals surface area contributed by atoms with Gasteiger partial charge in [-0.05, 0) is 56.7 Å². The molecule has 1 N–H and O–H groups in total. The third kappa shape index (κ3) is 6.60. The average molecular weight is 401 g/mol. The van der Waals surface area contributed by atoms with E-state index in [-0.39, 0.29) is 11.8 Å². The SMILES string of the molecule is CCN(CC)C(=O)c1ccc(NC(=O)CSCCOc2ccccc2C)cc1. The maximum absolute atomic E-state index is 12.3. The Hall–Kier alpha value is -2.47. The molecule has 2 rings (SSSR count). The van der Waals surface area contributed by atoms with Crippen molar-refractivity contribution in [3.05, 3.63) is 59.7 Å². The zero-order valence-corrected chi connectivity index (χ0v) is 17.6. The van der Waals surface area contributed by atoms with Gasteiger partial charge in [-0.25, -0.2) is 0 Å². The van der Waals surface area contributed by atoms with Crippen LogP contribution in [-0.4, -0.2) is 47.9 Å². The lowest BCUT2D eigenvalue weighted by Gasteiger charge is -2.18. The molecule has 0 unspecified atom stereocenters. The van der Waals surface area contributed by atoms with Crippen LogP contribution in [-0.2, 0) is 4.79 Å². The van der Waals surface area contributed by atoms with Gasteiger partial charge < -0.3 is 15.0 Å². The van der Waals surface area contributed by atoms with Crippen molar-refractivity contribution in [1.29, 1.82) is 0 Å². The topological polar surface area (TPSA) is 58.6 Å². The highest BCUT2D eigenvalue weighted by atomic mass is 32.2. The number of carbonyl (C=O) groups is 2. The summed E-state index contributed by atoms with van der Waals surface area (Å²) >= 11 is 1.53. The summed E-state index contributed by atoms with van der Waals surface area (Å²) in [7, 11) is 0. The van der Waals surface area contributed by atoms with Gasteiger partial charge >= 0.3 is 0 Å². The standard InChI is InChI=1S/C22H28N2O3S/c1-4-24(5-2)22(26)18-10-12-19(13-11-18)23-21(25)16-28-15-14-27-20-9-7-6-8-17(20)3/h6-13H,4-5,14-16H2,1-3H3,(H,23,25). The Morgan fingerprint density at radius 2 is 1.71 bits per heavy atom. The Bertz CT molecular complexity index is 774. The van der Waals surface area contributed by atoms with Crippen LogP contribution >= 0.6 is 11.8 Å². The van der Waals surface area contributed by atoms with Crippen molar-refractivity contribution in [2.45, 2.75) is 20.8 Å². The maximum Gasteiger partial charge on any atom is 0.253 e. The molecule has 0 saturated heterocycles. The molecule has 0 aliphatic heterocycles. The molecule has 2 aromatic rings. The van der Waals surface area contributed by atoms with Crippen molar-refractivity contribution in [3.63, 3.8) is 0 Å². The summed E-state index contributed by atoms with van der Waals surface area (Å²) in [5.74, 6) is 1.92. The van der Waals surface area contributed by atoms with E-state index in [1.807, 2.05) is 45.0 Å². The minimum Gasteiger partial charge on any atom is -0.492 e. The van der Waals surface area contributed by atoms with Crippen molar-refractivity contribution < 1.29 is 14.3 Å². The number of anilines is 1. The Morgan fingerprint density at radius 3 is 2.36 bits per heavy atom. The van der Waals surface area contributed by atoms with Crippen LogP contribution in [0.3, 0.4) is 0 Å². The summed E-state index contributed by atoms with van der Waals surface area (Å²) in [6.07, 6.45) is 0.